The van der Waals surface area contributed by atoms with E-state index in [1.807, 2.05) is 28.0 Å². The van der Waals surface area contributed by atoms with Crippen LogP contribution in [-0.4, -0.2) is 41.2 Å². The van der Waals surface area contributed by atoms with E-state index >= 15 is 0 Å². The van der Waals surface area contributed by atoms with Crippen molar-refractivity contribution in [3.8, 4) is 0 Å². The second-order valence-electron chi connectivity index (χ2n) is 7.63. The molecule has 142 valence electrons. The maximum Gasteiger partial charge on any atom is 0.227 e. The van der Waals surface area contributed by atoms with Crippen molar-refractivity contribution in [3.05, 3.63) is 34.3 Å². The molecule has 0 aromatic heterocycles. The third-order valence-corrected chi connectivity index (χ3v) is 6.30. The number of likely N-dealkylation sites (tertiary alicyclic amines) is 1. The van der Waals surface area contributed by atoms with Crippen molar-refractivity contribution >= 4 is 27.7 Å². The predicted octanol–water partition coefficient (Wildman–Crippen LogP) is 4.40. The van der Waals surface area contributed by atoms with Gasteiger partial charge in [-0.05, 0) is 50.7 Å². The second-order valence-corrected chi connectivity index (χ2v) is 8.48. The van der Waals surface area contributed by atoms with Gasteiger partial charge < -0.3 is 9.80 Å². The van der Waals surface area contributed by atoms with E-state index in [1.54, 1.807) is 0 Å². The molecule has 1 saturated heterocycles. The maximum atomic E-state index is 13.3. The topological polar surface area (TPSA) is 40.6 Å². The zero-order valence-corrected chi connectivity index (χ0v) is 17.4. The zero-order chi connectivity index (χ0) is 18.7. The molecule has 1 aromatic carbocycles. The van der Waals surface area contributed by atoms with Crippen LogP contribution in [0.25, 0.3) is 0 Å². The molecule has 26 heavy (non-hydrogen) atoms. The molecule has 1 aliphatic heterocycles. The average Bonchev–Trinajstić information content (AvgIpc) is 3.50. The van der Waals surface area contributed by atoms with E-state index in [4.69, 9.17) is 0 Å². The van der Waals surface area contributed by atoms with E-state index in [0.717, 1.165) is 55.2 Å². The zero-order valence-electron chi connectivity index (χ0n) is 15.8. The van der Waals surface area contributed by atoms with Gasteiger partial charge in [-0.2, -0.15) is 0 Å². The number of hydrogen-bond donors (Lipinski definition) is 0. The van der Waals surface area contributed by atoms with Gasteiger partial charge >= 0.3 is 0 Å². The van der Waals surface area contributed by atoms with Crippen LogP contribution in [0.1, 0.15) is 57.6 Å². The first-order chi connectivity index (χ1) is 12.5. The van der Waals surface area contributed by atoms with Crippen molar-refractivity contribution in [2.75, 3.05) is 19.6 Å². The van der Waals surface area contributed by atoms with Crippen LogP contribution in [0.15, 0.2) is 28.7 Å². The number of rotatable bonds is 6. The summed E-state index contributed by atoms with van der Waals surface area (Å²) < 4.78 is 1.04. The molecule has 1 aromatic rings. The fraction of sp³-hybridized carbons (Fsp3) is 0.619. The van der Waals surface area contributed by atoms with E-state index in [0.29, 0.717) is 6.54 Å². The summed E-state index contributed by atoms with van der Waals surface area (Å²) in [5.41, 5.74) is 1.14. The average molecular weight is 421 g/mol. The highest BCUT2D eigenvalue weighted by atomic mass is 79.9. The van der Waals surface area contributed by atoms with Gasteiger partial charge in [-0.1, -0.05) is 41.1 Å². The third-order valence-electron chi connectivity index (χ3n) is 5.58. The van der Waals surface area contributed by atoms with E-state index in [-0.39, 0.29) is 29.7 Å². The Morgan fingerprint density at radius 2 is 1.96 bits per heavy atom. The van der Waals surface area contributed by atoms with Gasteiger partial charge in [0.1, 0.15) is 0 Å². The van der Waals surface area contributed by atoms with Gasteiger partial charge in [-0.25, -0.2) is 0 Å². The number of benzene rings is 1. The molecule has 1 saturated carbocycles. The van der Waals surface area contributed by atoms with E-state index < -0.39 is 0 Å². The number of halogens is 1. The molecule has 2 fully saturated rings. The number of amides is 2. The molecule has 1 heterocycles. The van der Waals surface area contributed by atoms with Crippen molar-refractivity contribution in [3.63, 3.8) is 0 Å². The summed E-state index contributed by atoms with van der Waals surface area (Å²) in [6.07, 6.45) is 4.79. The summed E-state index contributed by atoms with van der Waals surface area (Å²) in [7, 11) is 0. The number of piperidine rings is 1. The van der Waals surface area contributed by atoms with Crippen molar-refractivity contribution in [1.29, 1.82) is 0 Å². The summed E-state index contributed by atoms with van der Waals surface area (Å²) in [6, 6.07) is 8.13. The highest BCUT2D eigenvalue weighted by Gasteiger charge is 2.38. The molecule has 2 atom stereocenters. The molecule has 5 heteroatoms. The Hall–Kier alpha value is -1.36. The lowest BCUT2D eigenvalue weighted by atomic mass is 9.94. The van der Waals surface area contributed by atoms with Crippen LogP contribution >= 0.6 is 15.9 Å². The van der Waals surface area contributed by atoms with E-state index in [2.05, 4.69) is 35.8 Å². The first kappa shape index (κ1) is 19.4. The summed E-state index contributed by atoms with van der Waals surface area (Å²) in [4.78, 5) is 29.7. The summed E-state index contributed by atoms with van der Waals surface area (Å²) in [5, 5.41) is 0. The van der Waals surface area contributed by atoms with Crippen molar-refractivity contribution in [2.24, 2.45) is 11.8 Å². The Balaban J connectivity index is 1.73. The fourth-order valence-corrected chi connectivity index (χ4v) is 4.54. The Bertz CT molecular complexity index is 659. The molecular formula is C21H29BrN2O2. The SMILES string of the molecule is CCCN(C(=O)C1CCCN(C(=O)C2CC2)C1)C(C)c1ccccc1Br. The molecule has 2 aliphatic rings. The monoisotopic (exact) mass is 420 g/mol. The van der Waals surface area contributed by atoms with Gasteiger partial charge in [0.25, 0.3) is 0 Å². The summed E-state index contributed by atoms with van der Waals surface area (Å²) in [6.45, 7) is 6.36. The van der Waals surface area contributed by atoms with Gasteiger partial charge in [-0.15, -0.1) is 0 Å². The minimum Gasteiger partial charge on any atom is -0.342 e. The van der Waals surface area contributed by atoms with Gasteiger partial charge in [-0.3, -0.25) is 9.59 Å². The molecule has 0 N–H and O–H groups in total. The van der Waals surface area contributed by atoms with Crippen LogP contribution in [0.5, 0.6) is 0 Å². The first-order valence-corrected chi connectivity index (χ1v) is 10.7. The van der Waals surface area contributed by atoms with Crippen LogP contribution in [0.2, 0.25) is 0 Å². The van der Waals surface area contributed by atoms with Gasteiger partial charge in [0, 0.05) is 30.0 Å². The number of hydrogen-bond acceptors (Lipinski definition) is 2. The van der Waals surface area contributed by atoms with Crippen molar-refractivity contribution in [2.45, 2.75) is 52.0 Å². The lowest BCUT2D eigenvalue weighted by Gasteiger charge is -2.37. The normalized spacial score (nSPS) is 21.3. The highest BCUT2D eigenvalue weighted by molar-refractivity contribution is 9.10. The third kappa shape index (κ3) is 4.30. The maximum absolute atomic E-state index is 13.3. The molecule has 1 aliphatic carbocycles. The Kier molecular flexibility index (Phi) is 6.38. The lowest BCUT2D eigenvalue weighted by Crippen LogP contribution is -2.48. The minimum absolute atomic E-state index is 0.0209. The lowest BCUT2D eigenvalue weighted by molar-refractivity contribution is -0.143. The molecule has 2 unspecified atom stereocenters. The van der Waals surface area contributed by atoms with Gasteiger partial charge in [0.05, 0.1) is 12.0 Å². The van der Waals surface area contributed by atoms with Crippen LogP contribution in [0.3, 0.4) is 0 Å². The van der Waals surface area contributed by atoms with Crippen LogP contribution in [0.4, 0.5) is 0 Å². The quantitative estimate of drug-likeness (QED) is 0.683. The minimum atomic E-state index is -0.0667. The highest BCUT2D eigenvalue weighted by Crippen LogP contribution is 2.34. The predicted molar refractivity (Wildman–Crippen MR) is 107 cm³/mol. The second kappa shape index (κ2) is 8.55. The van der Waals surface area contributed by atoms with Gasteiger partial charge in [0.15, 0.2) is 0 Å². The smallest absolute Gasteiger partial charge is 0.227 e. The largest absolute Gasteiger partial charge is 0.342 e. The molecule has 0 radical (unpaired) electrons. The molecule has 2 amide bonds. The molecule has 4 nitrogen and oxygen atoms in total. The molecule has 0 bridgehead atoms. The van der Waals surface area contributed by atoms with Crippen molar-refractivity contribution < 1.29 is 9.59 Å². The summed E-state index contributed by atoms with van der Waals surface area (Å²) >= 11 is 3.62. The Labute approximate surface area is 165 Å². The van der Waals surface area contributed by atoms with Crippen molar-refractivity contribution in [1.82, 2.24) is 9.80 Å². The van der Waals surface area contributed by atoms with Crippen LogP contribution in [-0.2, 0) is 9.59 Å². The van der Waals surface area contributed by atoms with E-state index in [9.17, 15) is 9.59 Å². The summed E-state index contributed by atoms with van der Waals surface area (Å²) in [5.74, 6) is 0.629. The fourth-order valence-electron chi connectivity index (χ4n) is 3.92. The first-order valence-electron chi connectivity index (χ1n) is 9.86. The van der Waals surface area contributed by atoms with Gasteiger partial charge in [0.2, 0.25) is 11.8 Å². The Morgan fingerprint density at radius 1 is 1.23 bits per heavy atom. The van der Waals surface area contributed by atoms with Crippen LogP contribution in [0, 0.1) is 11.8 Å². The number of carbonyl (C=O) groups is 2. The number of nitrogens with zero attached hydrogens (tertiary/aromatic N) is 2. The van der Waals surface area contributed by atoms with E-state index in [1.165, 1.54) is 0 Å². The van der Waals surface area contributed by atoms with Crippen LogP contribution < -0.4 is 0 Å². The standard InChI is InChI=1S/C21H29BrN2O2/c1-3-12-24(15(2)18-8-4-5-9-19(18)22)21(26)17-7-6-13-23(14-17)20(25)16-10-11-16/h4-5,8-9,15-17H,3,6-7,10-14H2,1-2H3. The Morgan fingerprint density at radius 3 is 2.62 bits per heavy atom. The number of carbonyl (C=O) groups excluding carboxylic acids is 2. The molecule has 0 spiro atoms. The molecule has 3 rings (SSSR count). The molecular weight excluding hydrogens is 392 g/mol.